The molecule has 1 aromatic carbocycles. The van der Waals surface area contributed by atoms with E-state index in [0.29, 0.717) is 10.7 Å². The van der Waals surface area contributed by atoms with Crippen LogP contribution in [0.1, 0.15) is 34.5 Å². The van der Waals surface area contributed by atoms with E-state index in [2.05, 4.69) is 4.98 Å². The Kier molecular flexibility index (Phi) is 3.15. The summed E-state index contributed by atoms with van der Waals surface area (Å²) in [5, 5.41) is 0.539. The summed E-state index contributed by atoms with van der Waals surface area (Å²) in [4.78, 5) is 5.21. The van der Waals surface area contributed by atoms with Crippen LogP contribution < -0.4 is 5.73 Å². The molecule has 0 amide bonds. The number of benzene rings is 1. The van der Waals surface area contributed by atoms with Crippen LogP contribution in [0.4, 0.5) is 9.52 Å². The maximum atomic E-state index is 13.9. The number of aryl methyl sites for hydroxylation is 2. The molecule has 1 unspecified atom stereocenters. The fraction of sp³-hybridized carbons (Fsp3) is 0.308. The zero-order chi connectivity index (χ0) is 12.6. The average molecular weight is 250 g/mol. The zero-order valence-electron chi connectivity index (χ0n) is 10.1. The second-order valence-corrected chi connectivity index (χ2v) is 5.31. The molecule has 0 aliphatic rings. The Morgan fingerprint density at radius 3 is 2.59 bits per heavy atom. The summed E-state index contributed by atoms with van der Waals surface area (Å²) in [5.41, 5.74) is 8.19. The van der Waals surface area contributed by atoms with Gasteiger partial charge in [0.25, 0.3) is 0 Å². The van der Waals surface area contributed by atoms with Crippen molar-refractivity contribution in [3.63, 3.8) is 0 Å². The highest BCUT2D eigenvalue weighted by molar-refractivity contribution is 7.15. The van der Waals surface area contributed by atoms with Gasteiger partial charge in [0.15, 0.2) is 5.13 Å². The van der Waals surface area contributed by atoms with Crippen LogP contribution in [0.5, 0.6) is 0 Å². The van der Waals surface area contributed by atoms with E-state index in [1.54, 1.807) is 6.07 Å². The predicted octanol–water partition coefficient (Wildman–Crippen LogP) is 3.63. The van der Waals surface area contributed by atoms with Crippen LogP contribution in [0.2, 0.25) is 0 Å². The first-order valence-electron chi connectivity index (χ1n) is 5.48. The maximum absolute atomic E-state index is 13.9. The highest BCUT2D eigenvalue weighted by Gasteiger charge is 2.18. The topological polar surface area (TPSA) is 38.9 Å². The number of rotatable bonds is 2. The predicted molar refractivity (Wildman–Crippen MR) is 69.9 cm³/mol. The monoisotopic (exact) mass is 250 g/mol. The van der Waals surface area contributed by atoms with Gasteiger partial charge >= 0.3 is 0 Å². The Balaban J connectivity index is 2.43. The highest BCUT2D eigenvalue weighted by Crippen LogP contribution is 2.33. The molecule has 0 saturated heterocycles. The first-order chi connectivity index (χ1) is 7.99. The van der Waals surface area contributed by atoms with Gasteiger partial charge in [-0.1, -0.05) is 19.1 Å². The molecule has 0 radical (unpaired) electrons. The molecule has 1 heterocycles. The van der Waals surface area contributed by atoms with Gasteiger partial charge < -0.3 is 5.73 Å². The molecule has 0 fully saturated rings. The second kappa shape index (κ2) is 4.45. The van der Waals surface area contributed by atoms with Gasteiger partial charge in [0, 0.05) is 10.8 Å². The number of nitrogens with two attached hydrogens (primary N) is 1. The number of thiazole rings is 1. The molecular weight excluding hydrogens is 235 g/mol. The van der Waals surface area contributed by atoms with Gasteiger partial charge in [0.2, 0.25) is 0 Å². The first-order valence-corrected chi connectivity index (χ1v) is 6.29. The zero-order valence-corrected chi connectivity index (χ0v) is 10.9. The molecule has 90 valence electrons. The molecule has 2 aromatic rings. The SMILES string of the molecule is Cc1ccc(C(C)c2sc(N)nc2C)c(F)c1. The number of hydrogen-bond acceptors (Lipinski definition) is 3. The molecule has 17 heavy (non-hydrogen) atoms. The number of hydrogen-bond donors (Lipinski definition) is 1. The van der Waals surface area contributed by atoms with Crippen molar-refractivity contribution in [2.45, 2.75) is 26.7 Å². The number of halogens is 1. The van der Waals surface area contributed by atoms with Crippen molar-refractivity contribution in [3.05, 3.63) is 45.7 Å². The van der Waals surface area contributed by atoms with Crippen molar-refractivity contribution in [1.82, 2.24) is 4.98 Å². The van der Waals surface area contributed by atoms with Gasteiger partial charge in [-0.15, -0.1) is 11.3 Å². The van der Waals surface area contributed by atoms with E-state index in [9.17, 15) is 4.39 Å². The molecule has 1 aromatic heterocycles. The average Bonchev–Trinajstić information content (AvgIpc) is 2.57. The van der Waals surface area contributed by atoms with Crippen molar-refractivity contribution in [3.8, 4) is 0 Å². The molecule has 2 nitrogen and oxygen atoms in total. The molecule has 4 heteroatoms. The van der Waals surface area contributed by atoms with Crippen molar-refractivity contribution < 1.29 is 4.39 Å². The summed E-state index contributed by atoms with van der Waals surface area (Å²) < 4.78 is 13.9. The highest BCUT2D eigenvalue weighted by atomic mass is 32.1. The van der Waals surface area contributed by atoms with Gasteiger partial charge in [-0.2, -0.15) is 0 Å². The standard InChI is InChI=1S/C13H15FN2S/c1-7-4-5-10(11(14)6-7)8(2)12-9(3)16-13(15)17-12/h4-6,8H,1-3H3,(H2,15,16). The fourth-order valence-corrected chi connectivity index (χ4v) is 2.86. The lowest BCUT2D eigenvalue weighted by molar-refractivity contribution is 0.602. The first kappa shape index (κ1) is 12.0. The van der Waals surface area contributed by atoms with Crippen LogP contribution >= 0.6 is 11.3 Å². The van der Waals surface area contributed by atoms with E-state index in [0.717, 1.165) is 16.1 Å². The molecule has 0 aliphatic heterocycles. The van der Waals surface area contributed by atoms with Gasteiger partial charge in [-0.05, 0) is 31.0 Å². The lowest BCUT2D eigenvalue weighted by Crippen LogP contribution is -1.99. The lowest BCUT2D eigenvalue weighted by Gasteiger charge is -2.12. The third-order valence-electron chi connectivity index (χ3n) is 2.86. The third-order valence-corrected chi connectivity index (χ3v) is 4.03. The van der Waals surface area contributed by atoms with Crippen molar-refractivity contribution in [2.75, 3.05) is 5.73 Å². The maximum Gasteiger partial charge on any atom is 0.180 e. The van der Waals surface area contributed by atoms with Crippen LogP contribution in [-0.2, 0) is 0 Å². The minimum atomic E-state index is -0.163. The number of aromatic nitrogens is 1. The van der Waals surface area contributed by atoms with Crippen molar-refractivity contribution in [2.24, 2.45) is 0 Å². The second-order valence-electron chi connectivity index (χ2n) is 4.25. The molecular formula is C13H15FN2S. The molecule has 2 rings (SSSR count). The fourth-order valence-electron chi connectivity index (χ4n) is 1.96. The van der Waals surface area contributed by atoms with E-state index >= 15 is 0 Å². The van der Waals surface area contributed by atoms with Gasteiger partial charge in [-0.25, -0.2) is 9.37 Å². The summed E-state index contributed by atoms with van der Waals surface area (Å²) in [6.45, 7) is 5.77. The summed E-state index contributed by atoms with van der Waals surface area (Å²) in [6, 6.07) is 5.32. The Hall–Kier alpha value is -1.42. The van der Waals surface area contributed by atoms with E-state index in [4.69, 9.17) is 5.73 Å². The summed E-state index contributed by atoms with van der Waals surface area (Å²) in [7, 11) is 0. The Bertz CT molecular complexity index is 548. The van der Waals surface area contributed by atoms with Crippen LogP contribution in [0.3, 0.4) is 0 Å². The minimum Gasteiger partial charge on any atom is -0.375 e. The Morgan fingerprint density at radius 1 is 1.35 bits per heavy atom. The van der Waals surface area contributed by atoms with Gasteiger partial charge in [0.05, 0.1) is 5.69 Å². The van der Waals surface area contributed by atoms with E-state index < -0.39 is 0 Å². The number of nitrogens with zero attached hydrogens (tertiary/aromatic N) is 1. The van der Waals surface area contributed by atoms with E-state index in [-0.39, 0.29) is 11.7 Å². The van der Waals surface area contributed by atoms with E-state index in [1.807, 2.05) is 32.9 Å². The van der Waals surface area contributed by atoms with Crippen molar-refractivity contribution >= 4 is 16.5 Å². The van der Waals surface area contributed by atoms with Gasteiger partial charge in [0.1, 0.15) is 5.82 Å². The normalized spacial score (nSPS) is 12.7. The molecule has 0 bridgehead atoms. The van der Waals surface area contributed by atoms with Crippen LogP contribution in [0.25, 0.3) is 0 Å². The molecule has 2 N–H and O–H groups in total. The molecule has 0 spiro atoms. The number of nitrogen functional groups attached to an aromatic ring is 1. The minimum absolute atomic E-state index is 0.00889. The van der Waals surface area contributed by atoms with Crippen LogP contribution in [0.15, 0.2) is 18.2 Å². The quantitative estimate of drug-likeness (QED) is 0.884. The largest absolute Gasteiger partial charge is 0.375 e. The molecule has 1 atom stereocenters. The summed E-state index contributed by atoms with van der Waals surface area (Å²) in [5.74, 6) is -0.172. The smallest absolute Gasteiger partial charge is 0.180 e. The molecule has 0 aliphatic carbocycles. The Morgan fingerprint density at radius 2 is 2.06 bits per heavy atom. The van der Waals surface area contributed by atoms with Crippen LogP contribution in [-0.4, -0.2) is 4.98 Å². The Labute approximate surface area is 104 Å². The van der Waals surface area contributed by atoms with E-state index in [1.165, 1.54) is 11.3 Å². The van der Waals surface area contributed by atoms with Crippen molar-refractivity contribution in [1.29, 1.82) is 0 Å². The van der Waals surface area contributed by atoms with Crippen LogP contribution in [0, 0.1) is 19.7 Å². The summed E-state index contributed by atoms with van der Waals surface area (Å²) in [6.07, 6.45) is 0. The third kappa shape index (κ3) is 2.31. The lowest BCUT2D eigenvalue weighted by atomic mass is 9.97. The summed E-state index contributed by atoms with van der Waals surface area (Å²) >= 11 is 1.43. The number of anilines is 1. The van der Waals surface area contributed by atoms with Gasteiger partial charge in [-0.3, -0.25) is 0 Å². The molecule has 0 saturated carbocycles.